The van der Waals surface area contributed by atoms with Crippen LogP contribution in [0, 0.1) is 12.3 Å². The lowest BCUT2D eigenvalue weighted by Crippen LogP contribution is -2.09. The number of hydrogen-bond acceptors (Lipinski definition) is 0. The quantitative estimate of drug-likeness (QED) is 0.136. The van der Waals surface area contributed by atoms with Crippen LogP contribution in [0.15, 0.2) is 36.4 Å². The van der Waals surface area contributed by atoms with Gasteiger partial charge in [-0.05, 0) is 116 Å². The number of benzene rings is 2. The number of aryl methyl sites for hydroxylation is 4. The molecule has 0 N–H and O–H groups in total. The molecule has 0 saturated heterocycles. The molecular formula is C38H61. The minimum Gasteiger partial charge on any atom is -0.0654 e. The zero-order valence-corrected chi connectivity index (χ0v) is 26.1. The van der Waals surface area contributed by atoms with Crippen LogP contribution in [0.1, 0.15) is 151 Å². The molecule has 1 unspecified atom stereocenters. The zero-order chi connectivity index (χ0) is 27.4. The van der Waals surface area contributed by atoms with Crippen LogP contribution in [0.2, 0.25) is 0 Å². The molecule has 0 aliphatic carbocycles. The van der Waals surface area contributed by atoms with Crippen molar-refractivity contribution in [2.75, 3.05) is 0 Å². The van der Waals surface area contributed by atoms with Gasteiger partial charge in [0, 0.05) is 0 Å². The van der Waals surface area contributed by atoms with Crippen LogP contribution < -0.4 is 0 Å². The van der Waals surface area contributed by atoms with Gasteiger partial charge in [0.15, 0.2) is 0 Å². The Balaban J connectivity index is 2.14. The Morgan fingerprint density at radius 3 is 1.50 bits per heavy atom. The van der Waals surface area contributed by atoms with Gasteiger partial charge in [-0.15, -0.1) is 0 Å². The molecule has 0 heterocycles. The Morgan fingerprint density at radius 1 is 0.500 bits per heavy atom. The Kier molecular flexibility index (Phi) is 17.5. The molecule has 0 spiro atoms. The van der Waals surface area contributed by atoms with Crippen molar-refractivity contribution in [2.24, 2.45) is 5.92 Å². The second-order valence-electron chi connectivity index (χ2n) is 11.9. The molecule has 0 bridgehead atoms. The van der Waals surface area contributed by atoms with Crippen LogP contribution in [0.3, 0.4) is 0 Å². The molecular weight excluding hydrogens is 456 g/mol. The standard InChI is InChI=1S/C38H61/c1-6-11-16-17-18-32(29-34-26-28-36(20-13-8-3)38(31-34)22-15-10-5)23-24-33-25-27-35(19-12-7-2)37(30-33)21-14-9-4/h23,25-28,30-32H,6-22,24,29H2,1-5H3. The summed E-state index contributed by atoms with van der Waals surface area (Å²) in [6.07, 6.45) is 27.1. The van der Waals surface area contributed by atoms with Crippen molar-refractivity contribution in [1.82, 2.24) is 0 Å². The summed E-state index contributed by atoms with van der Waals surface area (Å²) in [4.78, 5) is 0. The first kappa shape index (κ1) is 32.7. The van der Waals surface area contributed by atoms with Crippen molar-refractivity contribution >= 4 is 0 Å². The normalized spacial score (nSPS) is 12.2. The van der Waals surface area contributed by atoms with Crippen molar-refractivity contribution in [2.45, 2.75) is 157 Å². The summed E-state index contributed by atoms with van der Waals surface area (Å²) in [5.74, 6) is 0.672. The monoisotopic (exact) mass is 517 g/mol. The van der Waals surface area contributed by atoms with Gasteiger partial charge in [0.05, 0.1) is 0 Å². The maximum atomic E-state index is 2.67. The molecule has 2 rings (SSSR count). The second kappa shape index (κ2) is 20.4. The van der Waals surface area contributed by atoms with E-state index < -0.39 is 0 Å². The molecule has 0 aliphatic rings. The predicted octanol–water partition coefficient (Wildman–Crippen LogP) is 11.6. The first-order valence-corrected chi connectivity index (χ1v) is 16.7. The van der Waals surface area contributed by atoms with Crippen molar-refractivity contribution in [1.29, 1.82) is 0 Å². The molecule has 0 aromatic heterocycles. The molecule has 2 aromatic rings. The highest BCUT2D eigenvalue weighted by atomic mass is 14.2. The van der Waals surface area contributed by atoms with E-state index in [1.54, 1.807) is 27.8 Å². The van der Waals surface area contributed by atoms with E-state index in [1.165, 1.54) is 121 Å². The van der Waals surface area contributed by atoms with E-state index >= 15 is 0 Å². The molecule has 1 atom stereocenters. The van der Waals surface area contributed by atoms with Gasteiger partial charge in [-0.3, -0.25) is 0 Å². The first-order chi connectivity index (χ1) is 18.6. The van der Waals surface area contributed by atoms with Crippen LogP contribution in [-0.4, -0.2) is 0 Å². The van der Waals surface area contributed by atoms with E-state index in [4.69, 9.17) is 0 Å². The molecule has 0 fully saturated rings. The van der Waals surface area contributed by atoms with Crippen molar-refractivity contribution in [3.63, 3.8) is 0 Å². The van der Waals surface area contributed by atoms with Crippen LogP contribution in [0.25, 0.3) is 0 Å². The third-order valence-electron chi connectivity index (χ3n) is 8.35. The molecule has 0 saturated carbocycles. The maximum absolute atomic E-state index is 2.67. The highest BCUT2D eigenvalue weighted by Gasteiger charge is 2.14. The SMILES string of the molecule is CCCCCCC([CH]Cc1ccc(CCCC)c(CCCC)c1)Cc1ccc(CCCC)c(CCCC)c1. The van der Waals surface area contributed by atoms with Gasteiger partial charge in [0.25, 0.3) is 0 Å². The van der Waals surface area contributed by atoms with Gasteiger partial charge in [-0.2, -0.15) is 0 Å². The molecule has 0 amide bonds. The smallest absolute Gasteiger partial charge is 0.0245 e. The number of hydrogen-bond donors (Lipinski definition) is 0. The lowest BCUT2D eigenvalue weighted by atomic mass is 9.86. The van der Waals surface area contributed by atoms with E-state index in [2.05, 4.69) is 77.4 Å². The van der Waals surface area contributed by atoms with Gasteiger partial charge >= 0.3 is 0 Å². The average molecular weight is 518 g/mol. The second-order valence-corrected chi connectivity index (χ2v) is 11.9. The zero-order valence-electron chi connectivity index (χ0n) is 26.1. The fraction of sp³-hybridized carbons (Fsp3) is 0.658. The van der Waals surface area contributed by atoms with Gasteiger partial charge in [-0.1, -0.05) is 122 Å². The highest BCUT2D eigenvalue weighted by Crippen LogP contribution is 2.26. The summed E-state index contributed by atoms with van der Waals surface area (Å²) in [5, 5.41) is 0. The Hall–Kier alpha value is -1.56. The van der Waals surface area contributed by atoms with E-state index in [0.29, 0.717) is 5.92 Å². The number of rotatable bonds is 22. The van der Waals surface area contributed by atoms with Crippen molar-refractivity contribution < 1.29 is 0 Å². The largest absolute Gasteiger partial charge is 0.0654 e. The topological polar surface area (TPSA) is 0 Å². The predicted molar refractivity (Wildman–Crippen MR) is 171 cm³/mol. The van der Waals surface area contributed by atoms with Crippen LogP contribution in [0.5, 0.6) is 0 Å². The Labute approximate surface area is 238 Å². The average Bonchev–Trinajstić information content (AvgIpc) is 2.94. The van der Waals surface area contributed by atoms with Gasteiger partial charge in [0.2, 0.25) is 0 Å². The molecule has 0 aliphatic heterocycles. The lowest BCUT2D eigenvalue weighted by Gasteiger charge is -2.19. The maximum Gasteiger partial charge on any atom is -0.0245 e. The summed E-state index contributed by atoms with van der Waals surface area (Å²) in [7, 11) is 0. The molecule has 1 radical (unpaired) electrons. The first-order valence-electron chi connectivity index (χ1n) is 16.7. The van der Waals surface area contributed by atoms with Crippen LogP contribution >= 0.6 is 0 Å². The van der Waals surface area contributed by atoms with Crippen molar-refractivity contribution in [3.05, 3.63) is 76.2 Å². The summed E-state index contributed by atoms with van der Waals surface area (Å²) in [5.41, 5.74) is 9.54. The fourth-order valence-electron chi connectivity index (χ4n) is 5.78. The van der Waals surface area contributed by atoms with Crippen molar-refractivity contribution in [3.8, 4) is 0 Å². The molecule has 0 nitrogen and oxygen atoms in total. The summed E-state index contributed by atoms with van der Waals surface area (Å²) in [6.45, 7) is 11.6. The number of unbranched alkanes of at least 4 members (excludes halogenated alkanes) is 7. The highest BCUT2D eigenvalue weighted by molar-refractivity contribution is 5.35. The minimum atomic E-state index is 0.672. The molecule has 0 heteroatoms. The van der Waals surface area contributed by atoms with E-state index in [9.17, 15) is 0 Å². The minimum absolute atomic E-state index is 0.672. The van der Waals surface area contributed by atoms with E-state index in [-0.39, 0.29) is 0 Å². The Morgan fingerprint density at radius 2 is 0.974 bits per heavy atom. The van der Waals surface area contributed by atoms with Crippen LogP contribution in [0.4, 0.5) is 0 Å². The summed E-state index contributed by atoms with van der Waals surface area (Å²) >= 11 is 0. The third-order valence-corrected chi connectivity index (χ3v) is 8.35. The summed E-state index contributed by atoms with van der Waals surface area (Å²) < 4.78 is 0. The van der Waals surface area contributed by atoms with E-state index in [1.807, 2.05) is 0 Å². The molecule has 38 heavy (non-hydrogen) atoms. The molecule has 2 aromatic carbocycles. The Bertz CT molecular complexity index is 860. The molecule has 213 valence electrons. The third kappa shape index (κ3) is 12.5. The summed E-state index contributed by atoms with van der Waals surface area (Å²) in [6, 6.07) is 14.9. The van der Waals surface area contributed by atoms with Gasteiger partial charge in [0.1, 0.15) is 0 Å². The van der Waals surface area contributed by atoms with Gasteiger partial charge < -0.3 is 0 Å². The van der Waals surface area contributed by atoms with Gasteiger partial charge in [-0.25, -0.2) is 0 Å². The van der Waals surface area contributed by atoms with Crippen LogP contribution in [-0.2, 0) is 38.5 Å². The fourth-order valence-corrected chi connectivity index (χ4v) is 5.78. The van der Waals surface area contributed by atoms with E-state index in [0.717, 1.165) is 6.42 Å². The lowest BCUT2D eigenvalue weighted by molar-refractivity contribution is 0.494.